The Morgan fingerprint density at radius 3 is 2.82 bits per heavy atom. The maximum Gasteiger partial charge on any atom is 0.148 e. The largest absolute Gasteiger partial charge is 0.394 e. The Bertz CT molecular complexity index is 383. The zero-order chi connectivity index (χ0) is 12.4. The van der Waals surface area contributed by atoms with Gasteiger partial charge in [0, 0.05) is 13.1 Å². The SMILES string of the molecule is CCn1nc(C)c(N)c1NCC1CCC(C)C1. The minimum atomic E-state index is 0.796. The van der Waals surface area contributed by atoms with Gasteiger partial charge in [-0.1, -0.05) is 13.3 Å². The molecule has 17 heavy (non-hydrogen) atoms. The van der Waals surface area contributed by atoms with Gasteiger partial charge in [-0.2, -0.15) is 5.10 Å². The summed E-state index contributed by atoms with van der Waals surface area (Å²) in [4.78, 5) is 0. The fraction of sp³-hybridized carbons (Fsp3) is 0.769. The molecule has 0 spiro atoms. The van der Waals surface area contributed by atoms with Crippen LogP contribution in [0.5, 0.6) is 0 Å². The van der Waals surface area contributed by atoms with Crippen molar-refractivity contribution >= 4 is 11.5 Å². The molecule has 0 bridgehead atoms. The van der Waals surface area contributed by atoms with Gasteiger partial charge in [0.1, 0.15) is 5.82 Å². The number of aromatic nitrogens is 2. The highest BCUT2D eigenvalue weighted by molar-refractivity contribution is 5.64. The van der Waals surface area contributed by atoms with Crippen LogP contribution in [0.4, 0.5) is 11.5 Å². The van der Waals surface area contributed by atoms with Crippen molar-refractivity contribution < 1.29 is 0 Å². The molecule has 4 nitrogen and oxygen atoms in total. The molecule has 1 saturated carbocycles. The van der Waals surface area contributed by atoms with Crippen molar-refractivity contribution in [2.75, 3.05) is 17.6 Å². The fourth-order valence-corrected chi connectivity index (χ4v) is 2.76. The minimum Gasteiger partial charge on any atom is -0.394 e. The molecule has 0 radical (unpaired) electrons. The zero-order valence-corrected chi connectivity index (χ0v) is 11.2. The quantitative estimate of drug-likeness (QED) is 0.845. The van der Waals surface area contributed by atoms with E-state index in [0.29, 0.717) is 0 Å². The van der Waals surface area contributed by atoms with Crippen LogP contribution in [0, 0.1) is 18.8 Å². The number of hydrogen-bond donors (Lipinski definition) is 2. The lowest BCUT2D eigenvalue weighted by atomic mass is 10.1. The van der Waals surface area contributed by atoms with E-state index in [9.17, 15) is 0 Å². The lowest BCUT2D eigenvalue weighted by Crippen LogP contribution is -2.15. The molecule has 1 aromatic rings. The Morgan fingerprint density at radius 2 is 2.24 bits per heavy atom. The molecule has 0 saturated heterocycles. The van der Waals surface area contributed by atoms with Gasteiger partial charge in [0.15, 0.2) is 0 Å². The van der Waals surface area contributed by atoms with Gasteiger partial charge in [-0.25, -0.2) is 4.68 Å². The van der Waals surface area contributed by atoms with Crippen LogP contribution >= 0.6 is 0 Å². The molecule has 1 fully saturated rings. The second-order valence-electron chi connectivity index (χ2n) is 5.33. The van der Waals surface area contributed by atoms with E-state index in [-0.39, 0.29) is 0 Å². The highest BCUT2D eigenvalue weighted by atomic mass is 15.3. The zero-order valence-electron chi connectivity index (χ0n) is 11.2. The van der Waals surface area contributed by atoms with Crippen LogP contribution in [0.2, 0.25) is 0 Å². The minimum absolute atomic E-state index is 0.796. The number of hydrogen-bond acceptors (Lipinski definition) is 3. The van der Waals surface area contributed by atoms with E-state index in [1.165, 1.54) is 19.3 Å². The van der Waals surface area contributed by atoms with Gasteiger partial charge in [-0.15, -0.1) is 0 Å². The number of nitrogens with one attached hydrogen (secondary N) is 1. The summed E-state index contributed by atoms with van der Waals surface area (Å²) in [5.74, 6) is 2.69. The first-order valence-corrected chi connectivity index (χ1v) is 6.68. The maximum absolute atomic E-state index is 6.05. The van der Waals surface area contributed by atoms with Crippen molar-refractivity contribution in [3.8, 4) is 0 Å². The summed E-state index contributed by atoms with van der Waals surface area (Å²) in [7, 11) is 0. The van der Waals surface area contributed by atoms with Crippen molar-refractivity contribution in [1.82, 2.24) is 9.78 Å². The van der Waals surface area contributed by atoms with Crippen LogP contribution in [0.1, 0.15) is 38.8 Å². The molecule has 3 N–H and O–H groups in total. The third-order valence-corrected chi connectivity index (χ3v) is 3.83. The summed E-state index contributed by atoms with van der Waals surface area (Å²) >= 11 is 0. The molecule has 1 heterocycles. The Labute approximate surface area is 104 Å². The van der Waals surface area contributed by atoms with Crippen molar-refractivity contribution in [1.29, 1.82) is 0 Å². The molecule has 0 aromatic carbocycles. The first-order valence-electron chi connectivity index (χ1n) is 6.68. The summed E-state index contributed by atoms with van der Waals surface area (Å²) in [6.07, 6.45) is 4.05. The lowest BCUT2D eigenvalue weighted by molar-refractivity contribution is 0.533. The number of nitrogen functional groups attached to an aromatic ring is 1. The molecule has 2 atom stereocenters. The third-order valence-electron chi connectivity index (χ3n) is 3.83. The van der Waals surface area contributed by atoms with E-state index < -0.39 is 0 Å². The fourth-order valence-electron chi connectivity index (χ4n) is 2.76. The smallest absolute Gasteiger partial charge is 0.148 e. The molecular weight excluding hydrogens is 212 g/mol. The van der Waals surface area contributed by atoms with E-state index in [1.54, 1.807) is 0 Å². The Balaban J connectivity index is 1.98. The normalized spacial score (nSPS) is 24.2. The van der Waals surface area contributed by atoms with Crippen molar-refractivity contribution in [2.45, 2.75) is 46.6 Å². The molecule has 1 aliphatic rings. The Kier molecular flexibility index (Phi) is 3.60. The van der Waals surface area contributed by atoms with E-state index in [4.69, 9.17) is 5.73 Å². The number of nitrogens with two attached hydrogens (primary N) is 1. The van der Waals surface area contributed by atoms with Gasteiger partial charge in [-0.05, 0) is 38.5 Å². The monoisotopic (exact) mass is 236 g/mol. The van der Waals surface area contributed by atoms with E-state index >= 15 is 0 Å². The lowest BCUT2D eigenvalue weighted by Gasteiger charge is -2.13. The molecule has 4 heteroatoms. The third kappa shape index (κ3) is 2.56. The molecule has 2 rings (SSSR count). The molecule has 0 amide bonds. The molecule has 0 aliphatic heterocycles. The van der Waals surface area contributed by atoms with Gasteiger partial charge >= 0.3 is 0 Å². The van der Waals surface area contributed by atoms with Crippen LogP contribution in [-0.4, -0.2) is 16.3 Å². The molecule has 1 aliphatic carbocycles. The average molecular weight is 236 g/mol. The van der Waals surface area contributed by atoms with Crippen LogP contribution in [0.15, 0.2) is 0 Å². The molecular formula is C13H24N4. The first-order chi connectivity index (χ1) is 8.11. The summed E-state index contributed by atoms with van der Waals surface area (Å²) in [5.41, 5.74) is 7.77. The predicted octanol–water partition coefficient (Wildman–Crippen LogP) is 2.64. The highest BCUT2D eigenvalue weighted by Crippen LogP contribution is 2.31. The van der Waals surface area contributed by atoms with Gasteiger partial charge in [0.05, 0.1) is 11.4 Å². The average Bonchev–Trinajstić information content (AvgIpc) is 2.83. The van der Waals surface area contributed by atoms with Crippen LogP contribution < -0.4 is 11.1 Å². The van der Waals surface area contributed by atoms with E-state index in [2.05, 4.69) is 24.3 Å². The van der Waals surface area contributed by atoms with Gasteiger partial charge in [0.25, 0.3) is 0 Å². The topological polar surface area (TPSA) is 55.9 Å². The summed E-state index contributed by atoms with van der Waals surface area (Å²) in [6.45, 7) is 8.29. The molecule has 1 aromatic heterocycles. The Morgan fingerprint density at radius 1 is 1.47 bits per heavy atom. The standard InChI is InChI=1S/C13H24N4/c1-4-17-13(12(14)10(3)16-17)15-8-11-6-5-9(2)7-11/h9,11,15H,4-8,14H2,1-3H3. The van der Waals surface area contributed by atoms with Crippen molar-refractivity contribution in [3.05, 3.63) is 5.69 Å². The number of nitrogens with zero attached hydrogens (tertiary/aromatic N) is 2. The van der Waals surface area contributed by atoms with Crippen molar-refractivity contribution in [3.63, 3.8) is 0 Å². The van der Waals surface area contributed by atoms with Crippen LogP contribution in [0.3, 0.4) is 0 Å². The number of rotatable bonds is 4. The van der Waals surface area contributed by atoms with E-state index in [0.717, 1.165) is 42.1 Å². The second kappa shape index (κ2) is 4.98. The number of aryl methyl sites for hydroxylation is 2. The van der Waals surface area contributed by atoms with Gasteiger partial charge in [-0.3, -0.25) is 0 Å². The summed E-state index contributed by atoms with van der Waals surface area (Å²) in [5, 5.41) is 7.91. The highest BCUT2D eigenvalue weighted by Gasteiger charge is 2.22. The Hall–Kier alpha value is -1.19. The van der Waals surface area contributed by atoms with Crippen LogP contribution in [-0.2, 0) is 6.54 Å². The van der Waals surface area contributed by atoms with Crippen molar-refractivity contribution in [2.24, 2.45) is 11.8 Å². The molecule has 2 unspecified atom stereocenters. The first kappa shape index (κ1) is 12.3. The maximum atomic E-state index is 6.05. The second-order valence-corrected chi connectivity index (χ2v) is 5.33. The van der Waals surface area contributed by atoms with Gasteiger partial charge < -0.3 is 11.1 Å². The summed E-state index contributed by atoms with van der Waals surface area (Å²) < 4.78 is 1.96. The number of anilines is 2. The van der Waals surface area contributed by atoms with E-state index in [1.807, 2.05) is 11.6 Å². The van der Waals surface area contributed by atoms with Crippen LogP contribution in [0.25, 0.3) is 0 Å². The van der Waals surface area contributed by atoms with Gasteiger partial charge in [0.2, 0.25) is 0 Å². The predicted molar refractivity (Wildman–Crippen MR) is 72.0 cm³/mol. The summed E-state index contributed by atoms with van der Waals surface area (Å²) in [6, 6.07) is 0. The molecule has 96 valence electrons.